The van der Waals surface area contributed by atoms with E-state index in [0.717, 1.165) is 25.7 Å². The molecule has 0 radical (unpaired) electrons. The molecule has 6 heteroatoms. The van der Waals surface area contributed by atoms with Crippen LogP contribution in [0.2, 0.25) is 0 Å². The Morgan fingerprint density at radius 1 is 0.487 bits per heavy atom. The zero-order chi connectivity index (χ0) is 29.4. The molecule has 6 nitrogen and oxygen atoms in total. The normalized spacial score (nSPS) is 11.5. The van der Waals surface area contributed by atoms with Gasteiger partial charge in [0.25, 0.3) is 0 Å². The maximum atomic E-state index is 11.8. The van der Waals surface area contributed by atoms with Gasteiger partial charge in [-0.05, 0) is 19.8 Å². The predicted octanol–water partition coefficient (Wildman–Crippen LogP) is 9.69. The van der Waals surface area contributed by atoms with Crippen LogP contribution in [-0.2, 0) is 19.1 Å². The van der Waals surface area contributed by atoms with Crippen molar-refractivity contribution < 1.29 is 29.3 Å². The van der Waals surface area contributed by atoms with Crippen LogP contribution in [0, 0.1) is 0 Å². The largest absolute Gasteiger partial charge is 0.479 e. The monoisotopic (exact) mass is 556 g/mol. The lowest BCUT2D eigenvalue weighted by Crippen LogP contribution is -2.13. The molecule has 39 heavy (non-hydrogen) atoms. The lowest BCUT2D eigenvalue weighted by atomic mass is 10.0. The number of carbonyl (C=O) groups is 3. The van der Waals surface area contributed by atoms with E-state index in [9.17, 15) is 14.4 Å². The van der Waals surface area contributed by atoms with E-state index < -0.39 is 12.1 Å². The molecule has 0 aliphatic carbocycles. The highest BCUT2D eigenvalue weighted by molar-refractivity contribution is 5.85. The number of carbonyl (C=O) groups excluding carboxylic acids is 2. The van der Waals surface area contributed by atoms with Crippen LogP contribution in [0.5, 0.6) is 0 Å². The second-order valence-electron chi connectivity index (χ2n) is 11.1. The van der Waals surface area contributed by atoms with Crippen molar-refractivity contribution in [1.82, 2.24) is 0 Å². The van der Waals surface area contributed by atoms with Crippen LogP contribution in [0.15, 0.2) is 0 Å². The Bertz CT molecular complexity index is 546. The van der Waals surface area contributed by atoms with Crippen molar-refractivity contribution in [2.75, 3.05) is 0 Å². The molecule has 0 bridgehead atoms. The van der Waals surface area contributed by atoms with E-state index in [1.807, 2.05) is 0 Å². The van der Waals surface area contributed by atoms with Crippen molar-refractivity contribution in [2.24, 2.45) is 0 Å². The number of esters is 2. The molecular formula is C33H64O6. The summed E-state index contributed by atoms with van der Waals surface area (Å²) in [5, 5.41) is 15.8. The fourth-order valence-corrected chi connectivity index (χ4v) is 4.45. The maximum absolute atomic E-state index is 11.8. The van der Waals surface area contributed by atoms with Gasteiger partial charge in [-0.3, -0.25) is 9.59 Å². The van der Waals surface area contributed by atoms with Gasteiger partial charge < -0.3 is 14.9 Å². The first-order chi connectivity index (χ1) is 18.8. The second kappa shape index (κ2) is 32.8. The average molecular weight is 557 g/mol. The van der Waals surface area contributed by atoms with Crippen LogP contribution in [0.1, 0.15) is 188 Å². The van der Waals surface area contributed by atoms with E-state index in [2.05, 4.69) is 13.8 Å². The van der Waals surface area contributed by atoms with Gasteiger partial charge in [0.05, 0.1) is 0 Å². The molecule has 1 atom stereocenters. The molecule has 0 saturated carbocycles. The first-order valence-corrected chi connectivity index (χ1v) is 16.5. The summed E-state index contributed by atoms with van der Waals surface area (Å²) >= 11 is 0. The van der Waals surface area contributed by atoms with E-state index >= 15 is 0 Å². The number of aliphatic carboxylic acids is 1. The molecule has 0 saturated heterocycles. The van der Waals surface area contributed by atoms with Gasteiger partial charge in [0, 0.05) is 12.8 Å². The van der Waals surface area contributed by atoms with Crippen LogP contribution >= 0.6 is 0 Å². The minimum atomic E-state index is -1.23. The number of rotatable bonds is 27. The van der Waals surface area contributed by atoms with E-state index in [0.29, 0.717) is 12.8 Å². The summed E-state index contributed by atoms with van der Waals surface area (Å²) in [6, 6.07) is 0. The third-order valence-electron chi connectivity index (χ3n) is 7.05. The zero-order valence-electron chi connectivity index (χ0n) is 26.0. The summed E-state index contributed by atoms with van der Waals surface area (Å²) in [7, 11) is 0. The molecule has 2 N–H and O–H groups in total. The number of aliphatic hydroxyl groups excluding tert-OH is 1. The maximum Gasteiger partial charge on any atom is 0.332 e. The van der Waals surface area contributed by atoms with Gasteiger partial charge in [-0.25, -0.2) is 4.79 Å². The van der Waals surface area contributed by atoms with Crippen LogP contribution in [0.3, 0.4) is 0 Å². The standard InChI is InChI=1S/C30H58O3.C3H6O3/c1-3-5-7-9-11-13-14-15-16-17-18-20-22-24-26-28-30(32)33-29(31)27-25-23-21-19-12-10-8-6-4-2;1-2(4)3(5)6/h3-28H2,1-2H3;2,4H,1H3,(H,5,6). The first-order valence-electron chi connectivity index (χ1n) is 16.5. The van der Waals surface area contributed by atoms with Crippen molar-refractivity contribution in [3.8, 4) is 0 Å². The van der Waals surface area contributed by atoms with E-state index in [1.165, 1.54) is 135 Å². The van der Waals surface area contributed by atoms with Crippen LogP contribution in [0.4, 0.5) is 0 Å². The van der Waals surface area contributed by atoms with Gasteiger partial charge in [0.1, 0.15) is 6.10 Å². The Morgan fingerprint density at radius 3 is 0.897 bits per heavy atom. The molecule has 0 aliphatic rings. The number of ether oxygens (including phenoxy) is 1. The van der Waals surface area contributed by atoms with Crippen LogP contribution in [0.25, 0.3) is 0 Å². The molecule has 0 aliphatic heterocycles. The quantitative estimate of drug-likeness (QED) is 0.0593. The summed E-state index contributed by atoms with van der Waals surface area (Å²) in [6.45, 7) is 5.71. The number of carboxylic acids is 1. The Morgan fingerprint density at radius 2 is 0.692 bits per heavy atom. The highest BCUT2D eigenvalue weighted by Crippen LogP contribution is 2.14. The van der Waals surface area contributed by atoms with Gasteiger partial charge >= 0.3 is 17.9 Å². The summed E-state index contributed by atoms with van der Waals surface area (Å²) in [4.78, 5) is 33.0. The van der Waals surface area contributed by atoms with Crippen molar-refractivity contribution in [3.63, 3.8) is 0 Å². The number of unbranched alkanes of at least 4 members (excludes halogenated alkanes) is 22. The van der Waals surface area contributed by atoms with Crippen molar-refractivity contribution in [1.29, 1.82) is 0 Å². The van der Waals surface area contributed by atoms with Gasteiger partial charge in [0.2, 0.25) is 0 Å². The number of hydrogen-bond donors (Lipinski definition) is 2. The average Bonchev–Trinajstić information content (AvgIpc) is 2.90. The molecule has 0 aromatic heterocycles. The highest BCUT2D eigenvalue weighted by Gasteiger charge is 2.10. The third-order valence-corrected chi connectivity index (χ3v) is 7.05. The molecule has 232 valence electrons. The topological polar surface area (TPSA) is 101 Å². The van der Waals surface area contributed by atoms with Crippen LogP contribution < -0.4 is 0 Å². The molecule has 0 fully saturated rings. The summed E-state index contributed by atoms with van der Waals surface area (Å²) in [5.74, 6) is -1.84. The smallest absolute Gasteiger partial charge is 0.332 e. The molecule has 0 amide bonds. The fourth-order valence-electron chi connectivity index (χ4n) is 4.45. The summed E-state index contributed by atoms with van der Waals surface area (Å²) in [6.07, 6.45) is 30.2. The molecule has 1 unspecified atom stereocenters. The Labute approximate surface area is 241 Å². The number of hydrogen-bond acceptors (Lipinski definition) is 5. The Balaban J connectivity index is 0. The van der Waals surface area contributed by atoms with Gasteiger partial charge in [-0.15, -0.1) is 0 Å². The van der Waals surface area contributed by atoms with E-state index in [-0.39, 0.29) is 11.9 Å². The van der Waals surface area contributed by atoms with E-state index in [4.69, 9.17) is 14.9 Å². The third kappa shape index (κ3) is 36.6. The minimum absolute atomic E-state index is 0.328. The number of aliphatic hydroxyl groups is 1. The van der Waals surface area contributed by atoms with Gasteiger partial charge in [-0.2, -0.15) is 0 Å². The summed E-state index contributed by atoms with van der Waals surface area (Å²) < 4.78 is 4.96. The van der Waals surface area contributed by atoms with Crippen LogP contribution in [-0.4, -0.2) is 34.2 Å². The minimum Gasteiger partial charge on any atom is -0.479 e. The second-order valence-corrected chi connectivity index (χ2v) is 11.1. The SMILES string of the molecule is CC(O)C(=O)O.CCCCCCCCCCCCCCCCCC(=O)OC(=O)CCCCCCCCCCC. The Kier molecular flexibility index (Phi) is 33.4. The molecule has 0 rings (SSSR count). The van der Waals surface area contributed by atoms with Crippen molar-refractivity contribution >= 4 is 17.9 Å². The van der Waals surface area contributed by atoms with E-state index in [1.54, 1.807) is 0 Å². The first kappa shape index (κ1) is 39.7. The molecule has 0 aromatic rings. The van der Waals surface area contributed by atoms with Crippen molar-refractivity contribution in [2.45, 2.75) is 194 Å². The molecular weight excluding hydrogens is 492 g/mol. The Hall–Kier alpha value is -1.43. The molecule has 0 spiro atoms. The lowest BCUT2D eigenvalue weighted by Gasteiger charge is -2.05. The summed E-state index contributed by atoms with van der Waals surface area (Å²) in [5.41, 5.74) is 0. The molecule has 0 heterocycles. The predicted molar refractivity (Wildman–Crippen MR) is 162 cm³/mol. The lowest BCUT2D eigenvalue weighted by molar-refractivity contribution is -0.159. The van der Waals surface area contributed by atoms with Gasteiger partial charge in [-0.1, -0.05) is 155 Å². The number of carboxylic acid groups (broad SMARTS) is 1. The molecule has 0 aromatic carbocycles. The fraction of sp³-hybridized carbons (Fsp3) is 0.909. The van der Waals surface area contributed by atoms with Crippen molar-refractivity contribution in [3.05, 3.63) is 0 Å². The van der Waals surface area contributed by atoms with Gasteiger partial charge in [0.15, 0.2) is 0 Å². The zero-order valence-corrected chi connectivity index (χ0v) is 26.0. The highest BCUT2D eigenvalue weighted by atomic mass is 16.6.